The molecular formula is C22H23F3N4O3. The zero-order valence-electron chi connectivity index (χ0n) is 17.6. The Bertz CT molecular complexity index is 1090. The average molecular weight is 448 g/mol. The number of methoxy groups -OCH3 is 1. The molecule has 0 amide bonds. The second kappa shape index (κ2) is 9.17. The molecular weight excluding hydrogens is 425 g/mol. The summed E-state index contributed by atoms with van der Waals surface area (Å²) in [6.07, 6.45) is -3.18. The number of rotatable bonds is 6. The van der Waals surface area contributed by atoms with Gasteiger partial charge in [0.2, 0.25) is 0 Å². The van der Waals surface area contributed by atoms with Crippen molar-refractivity contribution in [2.45, 2.75) is 12.3 Å². The molecule has 0 aliphatic carbocycles. The molecule has 1 fully saturated rings. The van der Waals surface area contributed by atoms with Crippen LogP contribution in [0.4, 0.5) is 24.7 Å². The van der Waals surface area contributed by atoms with Crippen LogP contribution < -0.4 is 14.8 Å². The molecule has 1 unspecified atom stereocenters. The van der Waals surface area contributed by atoms with Crippen LogP contribution in [0.2, 0.25) is 0 Å². The number of likely N-dealkylation sites (N-methyl/N-ethyl adjacent to an activating group) is 1. The number of nitrogens with zero attached hydrogens (tertiary/aromatic N) is 3. The summed E-state index contributed by atoms with van der Waals surface area (Å²) >= 11 is 0. The van der Waals surface area contributed by atoms with Gasteiger partial charge in [0.15, 0.2) is 11.5 Å². The number of ether oxygens (including phenoxy) is 3. The summed E-state index contributed by atoms with van der Waals surface area (Å²) < 4.78 is 56.3. The maximum absolute atomic E-state index is 13.1. The van der Waals surface area contributed by atoms with Crippen molar-refractivity contribution < 1.29 is 27.4 Å². The van der Waals surface area contributed by atoms with Gasteiger partial charge in [0, 0.05) is 30.2 Å². The molecule has 4 rings (SSSR count). The molecule has 0 radical (unpaired) electrons. The van der Waals surface area contributed by atoms with Gasteiger partial charge in [-0.05, 0) is 31.3 Å². The van der Waals surface area contributed by atoms with Crippen molar-refractivity contribution in [1.82, 2.24) is 14.9 Å². The lowest BCUT2D eigenvalue weighted by Gasteiger charge is -2.30. The lowest BCUT2D eigenvalue weighted by molar-refractivity contribution is -0.137. The number of hydrogen-bond acceptors (Lipinski definition) is 7. The van der Waals surface area contributed by atoms with E-state index in [0.717, 1.165) is 25.2 Å². The predicted octanol–water partition coefficient (Wildman–Crippen LogP) is 4.11. The highest BCUT2D eigenvalue weighted by atomic mass is 19.4. The highest BCUT2D eigenvalue weighted by Crippen LogP contribution is 2.36. The van der Waals surface area contributed by atoms with Gasteiger partial charge >= 0.3 is 6.18 Å². The van der Waals surface area contributed by atoms with Crippen LogP contribution in [0, 0.1) is 0 Å². The molecule has 1 aromatic heterocycles. The molecule has 10 heteroatoms. The summed E-state index contributed by atoms with van der Waals surface area (Å²) in [5.74, 6) is 1.32. The summed E-state index contributed by atoms with van der Waals surface area (Å²) in [5.41, 5.74) is 0.0769. The van der Waals surface area contributed by atoms with Crippen LogP contribution in [0.15, 0.2) is 42.7 Å². The van der Waals surface area contributed by atoms with E-state index < -0.39 is 11.7 Å². The van der Waals surface area contributed by atoms with Gasteiger partial charge in [-0.15, -0.1) is 0 Å². The molecule has 0 bridgehead atoms. The minimum Gasteiger partial charge on any atom is -0.493 e. The van der Waals surface area contributed by atoms with E-state index in [2.05, 4.69) is 20.2 Å². The van der Waals surface area contributed by atoms with Crippen LogP contribution in [-0.2, 0) is 10.9 Å². The third kappa shape index (κ3) is 5.03. The number of aromatic nitrogens is 2. The molecule has 1 aliphatic heterocycles. The SMILES string of the molecule is COc1cc2ncnc(Nc3cccc(C(F)(F)F)c3)c2cc1OCC1CN(C)CCO1. The zero-order chi connectivity index (χ0) is 22.7. The molecule has 170 valence electrons. The Balaban J connectivity index is 1.62. The van der Waals surface area contributed by atoms with Crippen LogP contribution >= 0.6 is 0 Å². The van der Waals surface area contributed by atoms with E-state index >= 15 is 0 Å². The number of benzene rings is 2. The minimum absolute atomic E-state index is 0.0797. The fourth-order valence-electron chi connectivity index (χ4n) is 3.50. The summed E-state index contributed by atoms with van der Waals surface area (Å²) in [6.45, 7) is 2.59. The number of anilines is 2. The van der Waals surface area contributed by atoms with Gasteiger partial charge in [-0.1, -0.05) is 6.07 Å². The van der Waals surface area contributed by atoms with Gasteiger partial charge in [-0.3, -0.25) is 0 Å². The Kier molecular flexibility index (Phi) is 6.33. The smallest absolute Gasteiger partial charge is 0.416 e. The summed E-state index contributed by atoms with van der Waals surface area (Å²) in [5, 5.41) is 3.54. The number of halogens is 3. The highest BCUT2D eigenvalue weighted by molar-refractivity contribution is 5.93. The zero-order valence-corrected chi connectivity index (χ0v) is 17.6. The van der Waals surface area contributed by atoms with Gasteiger partial charge < -0.3 is 24.4 Å². The minimum atomic E-state index is -4.44. The van der Waals surface area contributed by atoms with Crippen LogP contribution in [0.1, 0.15) is 5.56 Å². The van der Waals surface area contributed by atoms with E-state index in [-0.39, 0.29) is 11.8 Å². The van der Waals surface area contributed by atoms with E-state index in [0.29, 0.717) is 41.4 Å². The molecule has 3 aromatic rings. The number of fused-ring (bicyclic) bond motifs is 1. The van der Waals surface area contributed by atoms with Crippen molar-refractivity contribution in [3.8, 4) is 11.5 Å². The Labute approximate surface area is 183 Å². The number of nitrogens with one attached hydrogen (secondary N) is 1. The lowest BCUT2D eigenvalue weighted by Crippen LogP contribution is -2.42. The quantitative estimate of drug-likeness (QED) is 0.609. The standard InChI is InChI=1S/C22H23F3N4O3/c1-29-6-7-31-16(11-29)12-32-20-9-17-18(10-19(20)30-2)26-13-27-21(17)28-15-5-3-4-14(8-15)22(23,24)25/h3-5,8-10,13,16H,6-7,11-12H2,1-2H3,(H,26,27,28). The molecule has 1 atom stereocenters. The van der Waals surface area contributed by atoms with Crippen LogP contribution in [0.5, 0.6) is 11.5 Å². The van der Waals surface area contributed by atoms with E-state index in [1.807, 2.05) is 7.05 Å². The number of morpholine rings is 1. The highest BCUT2D eigenvalue weighted by Gasteiger charge is 2.30. The van der Waals surface area contributed by atoms with Crippen molar-refractivity contribution >= 4 is 22.4 Å². The Morgan fingerprint density at radius 2 is 2.03 bits per heavy atom. The summed E-state index contributed by atoms with van der Waals surface area (Å²) in [4.78, 5) is 10.6. The molecule has 1 aliphatic rings. The Morgan fingerprint density at radius 1 is 1.19 bits per heavy atom. The fraction of sp³-hybridized carbons (Fsp3) is 0.364. The maximum atomic E-state index is 13.1. The largest absolute Gasteiger partial charge is 0.493 e. The normalized spacial score (nSPS) is 17.3. The molecule has 7 nitrogen and oxygen atoms in total. The van der Waals surface area contributed by atoms with Crippen molar-refractivity contribution in [2.24, 2.45) is 0 Å². The molecule has 2 aromatic carbocycles. The lowest BCUT2D eigenvalue weighted by atomic mass is 10.1. The van der Waals surface area contributed by atoms with Gasteiger partial charge in [0.1, 0.15) is 24.9 Å². The molecule has 2 heterocycles. The first kappa shape index (κ1) is 22.1. The van der Waals surface area contributed by atoms with Crippen LogP contribution in [0.3, 0.4) is 0 Å². The average Bonchev–Trinajstić information content (AvgIpc) is 2.77. The van der Waals surface area contributed by atoms with Crippen LogP contribution in [-0.4, -0.2) is 61.4 Å². The third-order valence-corrected chi connectivity index (χ3v) is 5.14. The predicted molar refractivity (Wildman–Crippen MR) is 114 cm³/mol. The van der Waals surface area contributed by atoms with Crippen molar-refractivity contribution in [3.63, 3.8) is 0 Å². The first-order valence-electron chi connectivity index (χ1n) is 10.0. The summed E-state index contributed by atoms with van der Waals surface area (Å²) in [6, 6.07) is 8.36. The van der Waals surface area contributed by atoms with Gasteiger partial charge in [-0.25, -0.2) is 9.97 Å². The number of alkyl halides is 3. The van der Waals surface area contributed by atoms with Gasteiger partial charge in [0.25, 0.3) is 0 Å². The molecule has 32 heavy (non-hydrogen) atoms. The van der Waals surface area contributed by atoms with Gasteiger partial charge in [0.05, 0.1) is 24.8 Å². The molecule has 0 saturated carbocycles. The van der Waals surface area contributed by atoms with E-state index in [1.165, 1.54) is 19.5 Å². The molecule has 0 spiro atoms. The third-order valence-electron chi connectivity index (χ3n) is 5.14. The van der Waals surface area contributed by atoms with Crippen molar-refractivity contribution in [3.05, 3.63) is 48.3 Å². The molecule has 1 saturated heterocycles. The number of hydrogen-bond donors (Lipinski definition) is 1. The van der Waals surface area contributed by atoms with Crippen LogP contribution in [0.25, 0.3) is 10.9 Å². The van der Waals surface area contributed by atoms with Gasteiger partial charge in [-0.2, -0.15) is 13.2 Å². The second-order valence-corrected chi connectivity index (χ2v) is 7.51. The topological polar surface area (TPSA) is 68.7 Å². The Morgan fingerprint density at radius 3 is 2.78 bits per heavy atom. The van der Waals surface area contributed by atoms with Crippen molar-refractivity contribution in [2.75, 3.05) is 45.8 Å². The van der Waals surface area contributed by atoms with Crippen molar-refractivity contribution in [1.29, 1.82) is 0 Å². The summed E-state index contributed by atoms with van der Waals surface area (Å²) in [7, 11) is 3.55. The van der Waals surface area contributed by atoms with E-state index in [1.54, 1.807) is 18.2 Å². The second-order valence-electron chi connectivity index (χ2n) is 7.51. The Hall–Kier alpha value is -3.11. The molecule has 1 N–H and O–H groups in total. The first-order chi connectivity index (χ1) is 15.3. The fourth-order valence-corrected chi connectivity index (χ4v) is 3.50. The van der Waals surface area contributed by atoms with E-state index in [9.17, 15) is 13.2 Å². The maximum Gasteiger partial charge on any atom is 0.416 e. The van der Waals surface area contributed by atoms with E-state index in [4.69, 9.17) is 14.2 Å². The first-order valence-corrected chi connectivity index (χ1v) is 10.0. The monoisotopic (exact) mass is 448 g/mol.